The molecule has 0 saturated carbocycles. The zero-order valence-corrected chi connectivity index (χ0v) is 20.4. The fourth-order valence-electron chi connectivity index (χ4n) is 3.49. The second-order valence-corrected chi connectivity index (χ2v) is 11.1. The van der Waals surface area contributed by atoms with Crippen molar-refractivity contribution in [3.63, 3.8) is 0 Å². The van der Waals surface area contributed by atoms with Gasteiger partial charge in [0.25, 0.3) is 0 Å². The summed E-state index contributed by atoms with van der Waals surface area (Å²) in [6.45, 7) is 5.01. The van der Waals surface area contributed by atoms with Crippen molar-refractivity contribution in [3.8, 4) is 5.75 Å². The lowest BCUT2D eigenvalue weighted by molar-refractivity contribution is 0.445. The number of H-pyrrole nitrogens is 1. The maximum absolute atomic E-state index is 13.0. The van der Waals surface area contributed by atoms with E-state index in [9.17, 15) is 18.1 Å². The van der Waals surface area contributed by atoms with Crippen LogP contribution in [-0.2, 0) is 16.6 Å². The number of halogens is 1. The first-order chi connectivity index (χ1) is 15.7. The largest absolute Gasteiger partial charge is 0.548 e. The van der Waals surface area contributed by atoms with E-state index in [1.54, 1.807) is 6.26 Å². The average Bonchev–Trinajstić information content (AvgIpc) is 3.49. The molecule has 1 atom stereocenters. The molecule has 0 radical (unpaired) electrons. The molecule has 2 aromatic heterocycles. The minimum Gasteiger partial charge on any atom is -0.548 e. The summed E-state index contributed by atoms with van der Waals surface area (Å²) in [5, 5.41) is 13.5. The third kappa shape index (κ3) is 4.94. The molecule has 33 heavy (non-hydrogen) atoms. The van der Waals surface area contributed by atoms with Gasteiger partial charge in [0.15, 0.2) is 16.9 Å². The van der Waals surface area contributed by atoms with Crippen molar-refractivity contribution in [2.24, 2.45) is 4.99 Å². The van der Waals surface area contributed by atoms with E-state index in [1.165, 1.54) is 16.4 Å². The van der Waals surface area contributed by atoms with Crippen molar-refractivity contribution in [1.82, 2.24) is 13.1 Å². The lowest BCUT2D eigenvalue weighted by Gasteiger charge is -2.18. The number of anilines is 2. The Morgan fingerprint density at radius 1 is 1.39 bits per heavy atom. The summed E-state index contributed by atoms with van der Waals surface area (Å²) in [6.07, 6.45) is 3.16. The highest BCUT2D eigenvalue weighted by molar-refractivity contribution is 7.89. The number of aromatic hydroxyl groups is 1. The summed E-state index contributed by atoms with van der Waals surface area (Å²) >= 11 is 4.38. The van der Waals surface area contributed by atoms with Crippen molar-refractivity contribution in [2.75, 3.05) is 18.4 Å². The number of hydrogen-bond donors (Lipinski definition) is 3. The number of aromatic nitrogens is 2. The van der Waals surface area contributed by atoms with E-state index in [0.29, 0.717) is 24.8 Å². The van der Waals surface area contributed by atoms with E-state index >= 15 is 0 Å². The Hall–Kier alpha value is -2.38. The molecule has 1 fully saturated rings. The topological polar surface area (TPSA) is 147 Å². The first-order valence-electron chi connectivity index (χ1n) is 10.3. The molecule has 1 aliphatic heterocycles. The predicted octanol–water partition coefficient (Wildman–Crippen LogP) is 3.84. The van der Waals surface area contributed by atoms with Crippen LogP contribution in [0.1, 0.15) is 43.9 Å². The van der Waals surface area contributed by atoms with Crippen LogP contribution in [0.2, 0.25) is 5.02 Å². The summed E-state index contributed by atoms with van der Waals surface area (Å²) in [4.78, 5) is 3.99. The summed E-state index contributed by atoms with van der Waals surface area (Å²) in [5.74, 6) is 0.483. The maximum atomic E-state index is 13.0. The van der Waals surface area contributed by atoms with Gasteiger partial charge in [-0.1, -0.05) is 25.4 Å². The van der Waals surface area contributed by atoms with Gasteiger partial charge in [-0.15, -0.1) is 4.37 Å². The van der Waals surface area contributed by atoms with Crippen LogP contribution >= 0.6 is 22.7 Å². The molecular weight excluding hydrogens is 490 g/mol. The summed E-state index contributed by atoms with van der Waals surface area (Å²) in [6, 6.07) is 4.69. The first-order valence-corrected chi connectivity index (χ1v) is 13.3. The van der Waals surface area contributed by atoms with Crippen molar-refractivity contribution >= 4 is 44.3 Å². The van der Waals surface area contributed by atoms with Gasteiger partial charge in [-0.3, -0.25) is 4.99 Å². The third-order valence-corrected chi connectivity index (χ3v) is 8.43. The van der Waals surface area contributed by atoms with Gasteiger partial charge in [-0.25, -0.2) is 8.42 Å². The van der Waals surface area contributed by atoms with Gasteiger partial charge in [0.2, 0.25) is 21.3 Å². The van der Waals surface area contributed by atoms with E-state index in [1.807, 2.05) is 19.9 Å². The standard InChI is InChI=1S/C20H24ClN5O5S2/c1-12(2)13-9-14(31-11-13)10-22-19-20(25-32(28)24-19)23-16-6-5-15(21)18(17(16)27)33(29,30)26-7-3-4-8-26/h5-6,9,11-12,27H,3-4,7-8,10H2,1-2H3,(H,22,24)(H,23,25). The molecule has 0 spiro atoms. The molecule has 1 aromatic carbocycles. The second kappa shape index (κ2) is 9.47. The zero-order valence-electron chi connectivity index (χ0n) is 18.0. The minimum atomic E-state index is -3.98. The highest BCUT2D eigenvalue weighted by Gasteiger charge is 2.33. The zero-order chi connectivity index (χ0) is 23.8. The highest BCUT2D eigenvalue weighted by atomic mass is 35.5. The number of benzene rings is 1. The molecule has 4 rings (SSSR count). The van der Waals surface area contributed by atoms with E-state index in [2.05, 4.69) is 19.1 Å². The quantitative estimate of drug-likeness (QED) is 0.321. The van der Waals surface area contributed by atoms with E-state index in [0.717, 1.165) is 18.4 Å². The lowest BCUT2D eigenvalue weighted by Crippen LogP contribution is -2.28. The van der Waals surface area contributed by atoms with Crippen LogP contribution in [0.25, 0.3) is 0 Å². The molecule has 3 heterocycles. The van der Waals surface area contributed by atoms with Gasteiger partial charge >= 0.3 is 0 Å². The van der Waals surface area contributed by atoms with E-state index in [-0.39, 0.29) is 33.5 Å². The first kappa shape index (κ1) is 23.8. The maximum Gasteiger partial charge on any atom is 0.248 e. The number of nitrogens with zero attached hydrogens (tertiary/aromatic N) is 3. The number of hydrogen-bond acceptors (Lipinski definition) is 8. The van der Waals surface area contributed by atoms with Gasteiger partial charge in [0, 0.05) is 17.5 Å². The van der Waals surface area contributed by atoms with Crippen molar-refractivity contribution in [3.05, 3.63) is 46.3 Å². The van der Waals surface area contributed by atoms with E-state index < -0.39 is 26.9 Å². The monoisotopic (exact) mass is 513 g/mol. The van der Waals surface area contributed by atoms with Crippen LogP contribution in [0.4, 0.5) is 11.5 Å². The number of aromatic amines is 1. The van der Waals surface area contributed by atoms with Crippen LogP contribution in [0, 0.1) is 0 Å². The number of rotatable bonds is 7. The van der Waals surface area contributed by atoms with E-state index in [4.69, 9.17) is 16.0 Å². The van der Waals surface area contributed by atoms with Gasteiger partial charge in [0.1, 0.15) is 10.7 Å². The van der Waals surface area contributed by atoms with Crippen LogP contribution in [-0.4, -0.2) is 44.2 Å². The lowest BCUT2D eigenvalue weighted by atomic mass is 10.1. The average molecular weight is 514 g/mol. The molecule has 178 valence electrons. The van der Waals surface area contributed by atoms with Gasteiger partial charge in [0.05, 0.1) is 23.5 Å². The fraction of sp³-hybridized carbons (Fsp3) is 0.400. The molecule has 0 amide bonds. The Labute approximate surface area is 199 Å². The molecule has 1 aliphatic rings. The minimum absolute atomic E-state index is 0.0458. The van der Waals surface area contributed by atoms with Crippen LogP contribution in [0.3, 0.4) is 0 Å². The number of phenols is 1. The van der Waals surface area contributed by atoms with Crippen molar-refractivity contribution < 1.29 is 22.5 Å². The van der Waals surface area contributed by atoms with Crippen LogP contribution in [0.5, 0.6) is 5.75 Å². The number of sulfonamides is 1. The fourth-order valence-corrected chi connectivity index (χ4v) is 6.27. The summed E-state index contributed by atoms with van der Waals surface area (Å²) in [7, 11) is -3.98. The Bertz CT molecular complexity index is 1320. The molecular formula is C20H24ClN5O5S2. The number of nitrogens with one attached hydrogen (secondary N) is 2. The molecule has 3 N–H and O–H groups in total. The van der Waals surface area contributed by atoms with Gasteiger partial charge in [-0.2, -0.15) is 4.31 Å². The molecule has 0 aliphatic carbocycles. The van der Waals surface area contributed by atoms with Crippen LogP contribution in [0.15, 0.2) is 38.8 Å². The number of furan rings is 1. The van der Waals surface area contributed by atoms with Gasteiger partial charge in [-0.05, 0) is 42.5 Å². The highest BCUT2D eigenvalue weighted by Crippen LogP contribution is 2.40. The second-order valence-electron chi connectivity index (χ2n) is 7.97. The Balaban J connectivity index is 1.65. The predicted molar refractivity (Wildman–Crippen MR) is 124 cm³/mol. The Kier molecular flexibility index (Phi) is 6.82. The van der Waals surface area contributed by atoms with Crippen molar-refractivity contribution in [1.29, 1.82) is 0 Å². The third-order valence-electron chi connectivity index (χ3n) is 5.32. The summed E-state index contributed by atoms with van der Waals surface area (Å²) in [5.41, 5.74) is 1.27. The molecule has 13 heteroatoms. The molecule has 3 aromatic rings. The Morgan fingerprint density at radius 2 is 2.12 bits per heavy atom. The molecule has 0 bridgehead atoms. The smallest absolute Gasteiger partial charge is 0.248 e. The van der Waals surface area contributed by atoms with Crippen LogP contribution < -0.4 is 10.8 Å². The van der Waals surface area contributed by atoms with Crippen molar-refractivity contribution in [2.45, 2.75) is 44.0 Å². The molecule has 10 nitrogen and oxygen atoms in total. The number of phenolic OH excluding ortho intramolecular Hbond substituents is 1. The SMILES string of the molecule is CC(C)c1coc(CN=c2[nH][s+]([O-])nc2Nc2ccc(Cl)c(S(=O)(=O)N3CCCC3)c2O)c1. The summed E-state index contributed by atoms with van der Waals surface area (Å²) < 4.78 is 51.4. The molecule has 1 unspecified atom stereocenters. The molecule has 1 saturated heterocycles. The van der Waals surface area contributed by atoms with Gasteiger partial charge < -0.3 is 19.4 Å². The Morgan fingerprint density at radius 3 is 2.79 bits per heavy atom. The normalized spacial score (nSPS) is 16.2.